The van der Waals surface area contributed by atoms with Crippen molar-refractivity contribution in [1.82, 2.24) is 9.97 Å². The first-order valence-corrected chi connectivity index (χ1v) is 11.5. The standard InChI is InChI=1S/C29H25N3O3/c1-18-12-19(2)28(29(34)32-22-9-11-27(33)31-16-22)26-14-20(8-10-25(18)26)21-13-24(17-30-15-21)35-23-6-4-3-5-7-23/h3-11,13-18H,12H2,1-2H3,(H,31,33)(H,32,34)/t18-/m1/s1. The molecule has 0 bridgehead atoms. The van der Waals surface area contributed by atoms with E-state index in [1.165, 1.54) is 12.3 Å². The number of fused-ring (bicyclic) bond motifs is 1. The van der Waals surface area contributed by atoms with Crippen LogP contribution in [-0.4, -0.2) is 15.9 Å². The molecule has 4 aromatic rings. The van der Waals surface area contributed by atoms with E-state index in [0.29, 0.717) is 22.9 Å². The lowest BCUT2D eigenvalue weighted by atomic mass is 9.78. The highest BCUT2D eigenvalue weighted by molar-refractivity contribution is 6.26. The minimum absolute atomic E-state index is 0.195. The normalized spacial score (nSPS) is 14.9. The molecule has 35 heavy (non-hydrogen) atoms. The van der Waals surface area contributed by atoms with Gasteiger partial charge in [0.1, 0.15) is 11.5 Å². The van der Waals surface area contributed by atoms with Gasteiger partial charge in [-0.1, -0.05) is 42.8 Å². The number of pyridine rings is 2. The first kappa shape index (κ1) is 22.3. The van der Waals surface area contributed by atoms with Gasteiger partial charge in [0.2, 0.25) is 5.56 Å². The van der Waals surface area contributed by atoms with Crippen molar-refractivity contribution in [3.05, 3.63) is 112 Å². The van der Waals surface area contributed by atoms with Gasteiger partial charge in [-0.05, 0) is 66.3 Å². The second-order valence-corrected chi connectivity index (χ2v) is 8.78. The van der Waals surface area contributed by atoms with Crippen LogP contribution in [0.3, 0.4) is 0 Å². The number of rotatable bonds is 5. The van der Waals surface area contributed by atoms with Gasteiger partial charge in [-0.3, -0.25) is 14.6 Å². The Hall–Kier alpha value is -4.45. The van der Waals surface area contributed by atoms with Gasteiger partial charge in [-0.25, -0.2) is 0 Å². The zero-order chi connectivity index (χ0) is 24.4. The van der Waals surface area contributed by atoms with Crippen LogP contribution in [0.15, 0.2) is 95.7 Å². The lowest BCUT2D eigenvalue weighted by molar-refractivity contribution is -0.111. The molecule has 1 amide bonds. The van der Waals surface area contributed by atoms with E-state index in [1.54, 1.807) is 18.5 Å². The van der Waals surface area contributed by atoms with E-state index in [9.17, 15) is 9.59 Å². The largest absolute Gasteiger partial charge is 0.456 e. The van der Waals surface area contributed by atoms with Crippen molar-refractivity contribution in [3.63, 3.8) is 0 Å². The Kier molecular flexibility index (Phi) is 6.02. The molecular formula is C29H25N3O3. The molecule has 1 aliphatic carbocycles. The maximum atomic E-state index is 13.3. The van der Waals surface area contributed by atoms with Crippen LogP contribution in [0, 0.1) is 0 Å². The van der Waals surface area contributed by atoms with E-state index in [0.717, 1.165) is 40.0 Å². The molecule has 6 heteroatoms. The highest BCUT2D eigenvalue weighted by atomic mass is 16.5. The number of hydrogen-bond acceptors (Lipinski definition) is 4. The van der Waals surface area contributed by atoms with Crippen LogP contribution >= 0.6 is 0 Å². The molecule has 2 N–H and O–H groups in total. The smallest absolute Gasteiger partial charge is 0.256 e. The minimum Gasteiger partial charge on any atom is -0.456 e. The molecule has 0 spiro atoms. The van der Waals surface area contributed by atoms with E-state index >= 15 is 0 Å². The lowest BCUT2D eigenvalue weighted by Gasteiger charge is -2.27. The number of allylic oxidation sites excluding steroid dienone is 1. The summed E-state index contributed by atoms with van der Waals surface area (Å²) in [6.07, 6.45) is 5.79. The van der Waals surface area contributed by atoms with Gasteiger partial charge in [-0.15, -0.1) is 0 Å². The fourth-order valence-electron chi connectivity index (χ4n) is 4.54. The van der Waals surface area contributed by atoms with Gasteiger partial charge < -0.3 is 15.0 Å². The number of carbonyl (C=O) groups excluding carboxylic acids is 1. The Morgan fingerprint density at radius 1 is 1.00 bits per heavy atom. The predicted octanol–water partition coefficient (Wildman–Crippen LogP) is 6.15. The van der Waals surface area contributed by atoms with Gasteiger partial charge in [0.05, 0.1) is 11.9 Å². The Balaban J connectivity index is 1.49. The first-order valence-electron chi connectivity index (χ1n) is 11.5. The topological polar surface area (TPSA) is 84.1 Å². The zero-order valence-electron chi connectivity index (χ0n) is 19.5. The number of H-pyrrole nitrogens is 1. The number of ether oxygens (including phenoxy) is 1. The number of anilines is 1. The molecule has 174 valence electrons. The molecule has 0 fully saturated rings. The summed E-state index contributed by atoms with van der Waals surface area (Å²) in [4.78, 5) is 31.7. The van der Waals surface area contributed by atoms with Gasteiger partial charge in [0.25, 0.3) is 5.91 Å². The summed E-state index contributed by atoms with van der Waals surface area (Å²) >= 11 is 0. The third-order valence-corrected chi connectivity index (χ3v) is 6.19. The molecule has 2 aromatic heterocycles. The van der Waals surface area contributed by atoms with E-state index in [2.05, 4.69) is 40.4 Å². The monoisotopic (exact) mass is 463 g/mol. The van der Waals surface area contributed by atoms with Gasteiger partial charge in [0, 0.05) is 29.6 Å². The van der Waals surface area contributed by atoms with Crippen LogP contribution in [0.5, 0.6) is 11.5 Å². The van der Waals surface area contributed by atoms with Crippen LogP contribution in [-0.2, 0) is 4.79 Å². The molecule has 0 saturated carbocycles. The molecule has 5 rings (SSSR count). The predicted molar refractivity (Wildman–Crippen MR) is 138 cm³/mol. The molecule has 0 saturated heterocycles. The summed E-state index contributed by atoms with van der Waals surface area (Å²) in [7, 11) is 0. The third-order valence-electron chi connectivity index (χ3n) is 6.19. The van der Waals surface area contributed by atoms with Crippen molar-refractivity contribution in [1.29, 1.82) is 0 Å². The fraction of sp³-hybridized carbons (Fsp3) is 0.138. The summed E-state index contributed by atoms with van der Waals surface area (Å²) < 4.78 is 5.96. The van der Waals surface area contributed by atoms with Crippen molar-refractivity contribution < 1.29 is 9.53 Å². The Morgan fingerprint density at radius 3 is 2.60 bits per heavy atom. The number of amides is 1. The number of para-hydroxylation sites is 1. The molecule has 0 aliphatic heterocycles. The maximum Gasteiger partial charge on any atom is 0.256 e. The van der Waals surface area contributed by atoms with Crippen LogP contribution in [0.2, 0.25) is 0 Å². The second-order valence-electron chi connectivity index (χ2n) is 8.78. The van der Waals surface area contributed by atoms with Crippen molar-refractivity contribution in [2.45, 2.75) is 26.2 Å². The van der Waals surface area contributed by atoms with Crippen LogP contribution in [0.25, 0.3) is 16.7 Å². The fourth-order valence-corrected chi connectivity index (χ4v) is 4.54. The molecule has 1 atom stereocenters. The molecule has 2 aromatic carbocycles. The first-order chi connectivity index (χ1) is 17.0. The molecule has 0 radical (unpaired) electrons. The Morgan fingerprint density at radius 2 is 1.83 bits per heavy atom. The number of nitrogens with zero attached hydrogens (tertiary/aromatic N) is 1. The second kappa shape index (κ2) is 9.43. The average Bonchev–Trinajstić information content (AvgIpc) is 2.86. The van der Waals surface area contributed by atoms with Crippen molar-refractivity contribution >= 4 is 17.2 Å². The number of carbonyl (C=O) groups is 1. The highest BCUT2D eigenvalue weighted by Gasteiger charge is 2.27. The van der Waals surface area contributed by atoms with Gasteiger partial charge in [0.15, 0.2) is 0 Å². The van der Waals surface area contributed by atoms with E-state index < -0.39 is 0 Å². The van der Waals surface area contributed by atoms with Crippen molar-refractivity contribution in [2.24, 2.45) is 0 Å². The molecule has 1 aliphatic rings. The number of aromatic nitrogens is 2. The van der Waals surface area contributed by atoms with E-state index in [-0.39, 0.29) is 11.5 Å². The van der Waals surface area contributed by atoms with E-state index in [1.807, 2.05) is 43.3 Å². The summed E-state index contributed by atoms with van der Waals surface area (Å²) in [5.41, 5.74) is 5.92. The molecule has 6 nitrogen and oxygen atoms in total. The van der Waals surface area contributed by atoms with Gasteiger partial charge >= 0.3 is 0 Å². The number of benzene rings is 2. The Labute approximate surface area is 203 Å². The molecule has 0 unspecified atom stereocenters. The third kappa shape index (κ3) is 4.77. The Bertz CT molecular complexity index is 1470. The number of hydrogen-bond donors (Lipinski definition) is 2. The van der Waals surface area contributed by atoms with E-state index in [4.69, 9.17) is 4.74 Å². The van der Waals surface area contributed by atoms with Crippen LogP contribution < -0.4 is 15.6 Å². The van der Waals surface area contributed by atoms with Gasteiger partial charge in [-0.2, -0.15) is 0 Å². The lowest BCUT2D eigenvalue weighted by Crippen LogP contribution is -2.20. The molecular weight excluding hydrogens is 438 g/mol. The molecule has 2 heterocycles. The summed E-state index contributed by atoms with van der Waals surface area (Å²) in [5, 5.41) is 2.92. The number of nitrogens with one attached hydrogen (secondary N) is 2. The SMILES string of the molecule is CC1=C(C(=O)Nc2ccc(=O)[nH]c2)c2cc(-c3cncc(Oc4ccccc4)c3)ccc2[C@H](C)C1. The summed E-state index contributed by atoms with van der Waals surface area (Å²) in [6, 6.07) is 20.7. The average molecular weight is 464 g/mol. The van der Waals surface area contributed by atoms with Crippen molar-refractivity contribution in [2.75, 3.05) is 5.32 Å². The summed E-state index contributed by atoms with van der Waals surface area (Å²) in [5.74, 6) is 1.49. The summed E-state index contributed by atoms with van der Waals surface area (Å²) in [6.45, 7) is 4.18. The number of aromatic amines is 1. The quantitative estimate of drug-likeness (QED) is 0.372. The maximum absolute atomic E-state index is 13.3. The van der Waals surface area contributed by atoms with Crippen LogP contribution in [0.4, 0.5) is 5.69 Å². The zero-order valence-corrected chi connectivity index (χ0v) is 19.5. The highest BCUT2D eigenvalue weighted by Crippen LogP contribution is 2.41. The van der Waals surface area contributed by atoms with Crippen molar-refractivity contribution in [3.8, 4) is 22.6 Å². The minimum atomic E-state index is -0.216. The van der Waals surface area contributed by atoms with Crippen LogP contribution in [0.1, 0.15) is 37.3 Å².